The number of nitrogens with one attached hydrogen (secondary N) is 2. The lowest BCUT2D eigenvalue weighted by Crippen LogP contribution is -2.40. The highest BCUT2D eigenvalue weighted by atomic mass is 32.1. The van der Waals surface area contributed by atoms with Gasteiger partial charge in [-0.25, -0.2) is 9.78 Å². The number of aryl methyl sites for hydroxylation is 1. The van der Waals surface area contributed by atoms with Crippen molar-refractivity contribution in [3.05, 3.63) is 11.1 Å². The van der Waals surface area contributed by atoms with Crippen LogP contribution in [0.4, 0.5) is 9.93 Å². The predicted molar refractivity (Wildman–Crippen MR) is 67.8 cm³/mol. The van der Waals surface area contributed by atoms with Crippen molar-refractivity contribution in [3.63, 3.8) is 0 Å². The number of hydrogen-bond acceptors (Lipinski definition) is 4. The Labute approximate surface area is 108 Å². The fraction of sp³-hybridized carbons (Fsp3) is 0.545. The van der Waals surface area contributed by atoms with Crippen LogP contribution in [0, 0.1) is 12.8 Å². The van der Waals surface area contributed by atoms with Crippen LogP contribution in [-0.4, -0.2) is 28.1 Å². The normalized spacial score (nSPS) is 16.1. The van der Waals surface area contributed by atoms with Crippen LogP contribution < -0.4 is 10.6 Å². The number of carboxylic acids is 1. The molecule has 18 heavy (non-hydrogen) atoms. The minimum Gasteiger partial charge on any atom is -0.481 e. The first kappa shape index (κ1) is 12.8. The zero-order valence-corrected chi connectivity index (χ0v) is 10.8. The van der Waals surface area contributed by atoms with Crippen LogP contribution in [0.3, 0.4) is 0 Å². The van der Waals surface area contributed by atoms with E-state index in [0.717, 1.165) is 18.5 Å². The molecular formula is C11H15N3O3S. The van der Waals surface area contributed by atoms with Crippen LogP contribution in [0.25, 0.3) is 0 Å². The zero-order valence-electron chi connectivity index (χ0n) is 9.97. The smallest absolute Gasteiger partial charge is 0.321 e. The van der Waals surface area contributed by atoms with Crippen LogP contribution in [-0.2, 0) is 4.79 Å². The molecule has 1 aliphatic rings. The van der Waals surface area contributed by atoms with Crippen molar-refractivity contribution in [2.75, 3.05) is 5.32 Å². The van der Waals surface area contributed by atoms with Gasteiger partial charge in [-0.15, -0.1) is 11.3 Å². The number of rotatable bonds is 5. The van der Waals surface area contributed by atoms with Gasteiger partial charge < -0.3 is 10.4 Å². The number of amides is 2. The van der Waals surface area contributed by atoms with E-state index in [-0.39, 0.29) is 18.5 Å². The standard InChI is InChI=1S/C11H15N3O3S/c1-6-5-18-11(12-6)14-10(17)13-8(4-9(15)16)7-2-3-7/h5,7-8H,2-4H2,1H3,(H,15,16)(H2,12,13,14,17). The molecule has 0 saturated heterocycles. The molecule has 6 nitrogen and oxygen atoms in total. The van der Waals surface area contributed by atoms with Crippen LogP contribution in [0.1, 0.15) is 25.0 Å². The molecule has 2 rings (SSSR count). The highest BCUT2D eigenvalue weighted by Crippen LogP contribution is 2.34. The van der Waals surface area contributed by atoms with Gasteiger partial charge >= 0.3 is 12.0 Å². The molecule has 2 amide bonds. The summed E-state index contributed by atoms with van der Waals surface area (Å²) in [7, 11) is 0. The van der Waals surface area contributed by atoms with E-state index >= 15 is 0 Å². The summed E-state index contributed by atoms with van der Waals surface area (Å²) in [6.07, 6.45) is 1.93. The first-order valence-corrected chi connectivity index (χ1v) is 6.64. The molecule has 1 aliphatic carbocycles. The fourth-order valence-electron chi connectivity index (χ4n) is 1.74. The molecule has 0 aromatic carbocycles. The van der Waals surface area contributed by atoms with Gasteiger partial charge in [-0.2, -0.15) is 0 Å². The average molecular weight is 269 g/mol. The monoisotopic (exact) mass is 269 g/mol. The Balaban J connectivity index is 1.86. The second-order valence-electron chi connectivity index (χ2n) is 4.43. The molecule has 0 radical (unpaired) electrons. The topological polar surface area (TPSA) is 91.3 Å². The van der Waals surface area contributed by atoms with Gasteiger partial charge in [0.25, 0.3) is 0 Å². The summed E-state index contributed by atoms with van der Waals surface area (Å²) in [5, 5.41) is 16.5. The molecule has 3 N–H and O–H groups in total. The molecule has 1 atom stereocenters. The predicted octanol–water partition coefficient (Wildman–Crippen LogP) is 1.83. The third kappa shape index (κ3) is 3.69. The second kappa shape index (κ2) is 5.34. The molecule has 0 bridgehead atoms. The van der Waals surface area contributed by atoms with E-state index in [2.05, 4.69) is 15.6 Å². The summed E-state index contributed by atoms with van der Waals surface area (Å²) in [6, 6.07) is -0.675. The molecular weight excluding hydrogens is 254 g/mol. The SMILES string of the molecule is Cc1csc(NC(=O)NC(CC(=O)O)C2CC2)n1. The number of anilines is 1. The molecule has 7 heteroatoms. The van der Waals surface area contributed by atoms with Crippen molar-refractivity contribution >= 4 is 28.5 Å². The van der Waals surface area contributed by atoms with Crippen LogP contribution in [0.2, 0.25) is 0 Å². The lowest BCUT2D eigenvalue weighted by molar-refractivity contribution is -0.137. The maximum Gasteiger partial charge on any atom is 0.321 e. The largest absolute Gasteiger partial charge is 0.481 e. The van der Waals surface area contributed by atoms with Crippen molar-refractivity contribution < 1.29 is 14.7 Å². The number of carbonyl (C=O) groups is 2. The van der Waals surface area contributed by atoms with Gasteiger partial charge in [0, 0.05) is 11.4 Å². The molecule has 1 saturated carbocycles. The van der Waals surface area contributed by atoms with Gasteiger partial charge in [-0.05, 0) is 25.7 Å². The van der Waals surface area contributed by atoms with E-state index in [1.165, 1.54) is 11.3 Å². The minimum atomic E-state index is -0.891. The number of carboxylic acid groups (broad SMARTS) is 1. The first-order chi connectivity index (χ1) is 8.54. The number of hydrogen-bond donors (Lipinski definition) is 3. The number of thiazole rings is 1. The Bertz CT molecular complexity index is 456. The fourth-order valence-corrected chi connectivity index (χ4v) is 2.42. The maximum atomic E-state index is 11.7. The summed E-state index contributed by atoms with van der Waals surface area (Å²) >= 11 is 1.34. The molecule has 0 aliphatic heterocycles. The van der Waals surface area contributed by atoms with E-state index in [0.29, 0.717) is 11.0 Å². The minimum absolute atomic E-state index is 0.0328. The van der Waals surface area contributed by atoms with Crippen LogP contribution in [0.5, 0.6) is 0 Å². The second-order valence-corrected chi connectivity index (χ2v) is 5.29. The van der Waals surface area contributed by atoms with Crippen molar-refractivity contribution in [2.45, 2.75) is 32.2 Å². The van der Waals surface area contributed by atoms with Crippen LogP contribution >= 0.6 is 11.3 Å². The Morgan fingerprint density at radius 1 is 1.61 bits per heavy atom. The molecule has 1 aromatic heterocycles. The van der Waals surface area contributed by atoms with Crippen LogP contribution in [0.15, 0.2) is 5.38 Å². The van der Waals surface area contributed by atoms with Crippen molar-refractivity contribution in [1.29, 1.82) is 0 Å². The number of nitrogens with zero attached hydrogens (tertiary/aromatic N) is 1. The van der Waals surface area contributed by atoms with E-state index in [1.807, 2.05) is 12.3 Å². The van der Waals surface area contributed by atoms with E-state index < -0.39 is 5.97 Å². The van der Waals surface area contributed by atoms with Gasteiger partial charge in [0.1, 0.15) is 0 Å². The summed E-state index contributed by atoms with van der Waals surface area (Å²) in [5.74, 6) is -0.595. The van der Waals surface area contributed by atoms with E-state index in [1.54, 1.807) is 0 Å². The number of carbonyl (C=O) groups excluding carboxylic acids is 1. The molecule has 1 heterocycles. The highest BCUT2D eigenvalue weighted by Gasteiger charge is 2.33. The van der Waals surface area contributed by atoms with Crippen molar-refractivity contribution in [1.82, 2.24) is 10.3 Å². The first-order valence-electron chi connectivity index (χ1n) is 5.76. The molecule has 98 valence electrons. The van der Waals surface area contributed by atoms with Gasteiger partial charge in [0.2, 0.25) is 0 Å². The van der Waals surface area contributed by atoms with Gasteiger partial charge in [0.15, 0.2) is 5.13 Å². The van der Waals surface area contributed by atoms with Gasteiger partial charge in [0.05, 0.1) is 12.1 Å². The number of aromatic nitrogens is 1. The maximum absolute atomic E-state index is 11.7. The summed E-state index contributed by atoms with van der Waals surface area (Å²) in [5.41, 5.74) is 0.847. The summed E-state index contributed by atoms with van der Waals surface area (Å²) in [4.78, 5) is 26.5. The highest BCUT2D eigenvalue weighted by molar-refractivity contribution is 7.13. The average Bonchev–Trinajstić information content (AvgIpc) is 3.02. The summed E-state index contributed by atoms with van der Waals surface area (Å²) < 4.78 is 0. The Morgan fingerprint density at radius 2 is 2.33 bits per heavy atom. The van der Waals surface area contributed by atoms with Gasteiger partial charge in [-0.3, -0.25) is 10.1 Å². The number of aliphatic carboxylic acids is 1. The summed E-state index contributed by atoms with van der Waals surface area (Å²) in [6.45, 7) is 1.84. The molecule has 1 aromatic rings. The zero-order chi connectivity index (χ0) is 13.1. The van der Waals surface area contributed by atoms with Crippen molar-refractivity contribution in [2.24, 2.45) is 5.92 Å². The lowest BCUT2D eigenvalue weighted by atomic mass is 10.1. The molecule has 1 unspecified atom stereocenters. The third-order valence-electron chi connectivity index (χ3n) is 2.74. The van der Waals surface area contributed by atoms with E-state index in [4.69, 9.17) is 5.11 Å². The van der Waals surface area contributed by atoms with E-state index in [9.17, 15) is 9.59 Å². The quantitative estimate of drug-likeness (QED) is 0.760. The Morgan fingerprint density at radius 3 is 2.83 bits per heavy atom. The Kier molecular flexibility index (Phi) is 3.81. The molecule has 0 spiro atoms. The lowest BCUT2D eigenvalue weighted by Gasteiger charge is -2.15. The third-order valence-corrected chi connectivity index (χ3v) is 3.62. The van der Waals surface area contributed by atoms with Gasteiger partial charge in [-0.1, -0.05) is 0 Å². The number of urea groups is 1. The van der Waals surface area contributed by atoms with Crippen molar-refractivity contribution in [3.8, 4) is 0 Å². The Hall–Kier alpha value is -1.63. The molecule has 1 fully saturated rings.